The molecule has 7 heteroatoms. The van der Waals surface area contributed by atoms with Gasteiger partial charge >= 0.3 is 6.09 Å². The van der Waals surface area contributed by atoms with Crippen LogP contribution in [-0.4, -0.2) is 62.8 Å². The molecule has 2 amide bonds. The summed E-state index contributed by atoms with van der Waals surface area (Å²) in [6, 6.07) is 17.0. The summed E-state index contributed by atoms with van der Waals surface area (Å²) in [5.74, 6) is 5.78. The maximum Gasteiger partial charge on any atom is 0.411 e. The molecule has 7 nitrogen and oxygen atoms in total. The third kappa shape index (κ3) is 5.56. The van der Waals surface area contributed by atoms with Crippen molar-refractivity contribution in [2.75, 3.05) is 19.6 Å². The molecule has 0 saturated carbocycles. The zero-order valence-electron chi connectivity index (χ0n) is 21.3. The van der Waals surface area contributed by atoms with Crippen molar-refractivity contribution >= 4 is 12.0 Å². The third-order valence-electron chi connectivity index (χ3n) is 6.94. The molecule has 2 unspecified atom stereocenters. The quantitative estimate of drug-likeness (QED) is 0.626. The molecule has 2 aliphatic rings. The van der Waals surface area contributed by atoms with Crippen LogP contribution in [0.25, 0.3) is 0 Å². The van der Waals surface area contributed by atoms with Crippen LogP contribution in [0.1, 0.15) is 63.3 Å². The Balaban J connectivity index is 1.45. The van der Waals surface area contributed by atoms with Crippen LogP contribution in [0, 0.1) is 11.8 Å². The second-order valence-electron chi connectivity index (χ2n) is 10.6. The molecule has 2 aromatic rings. The number of carbonyl (C=O) groups is 2. The van der Waals surface area contributed by atoms with Crippen LogP contribution in [0.15, 0.2) is 54.6 Å². The summed E-state index contributed by atoms with van der Waals surface area (Å²) in [5, 5.41) is 21.0. The maximum atomic E-state index is 13.2. The van der Waals surface area contributed by atoms with Crippen LogP contribution in [0.5, 0.6) is 0 Å². The van der Waals surface area contributed by atoms with E-state index in [0.29, 0.717) is 19.4 Å². The summed E-state index contributed by atoms with van der Waals surface area (Å²) in [7, 11) is 0. The third-order valence-corrected chi connectivity index (χ3v) is 6.94. The molecule has 2 aliphatic heterocycles. The molecular weight excluding hydrogens is 456 g/mol. The average molecular weight is 491 g/mol. The van der Waals surface area contributed by atoms with E-state index < -0.39 is 22.9 Å². The van der Waals surface area contributed by atoms with Crippen molar-refractivity contribution in [1.29, 1.82) is 0 Å². The van der Waals surface area contributed by atoms with E-state index in [2.05, 4.69) is 11.8 Å². The summed E-state index contributed by atoms with van der Waals surface area (Å²) >= 11 is 0. The van der Waals surface area contributed by atoms with Gasteiger partial charge in [-0.2, -0.15) is 0 Å². The van der Waals surface area contributed by atoms with Crippen LogP contribution in [-0.2, 0) is 15.1 Å². The van der Waals surface area contributed by atoms with Crippen LogP contribution < -0.4 is 0 Å². The summed E-state index contributed by atoms with van der Waals surface area (Å²) < 4.78 is 6.08. The number of amides is 2. The topological polar surface area (TPSA) is 90.3 Å². The molecule has 0 aromatic heterocycles. The molecule has 2 atom stereocenters. The fraction of sp³-hybridized carbons (Fsp3) is 0.448. The number of carbonyl (C=O) groups excluding carboxylic acids is 2. The number of aliphatic hydroxyl groups is 2. The second-order valence-corrected chi connectivity index (χ2v) is 10.6. The second kappa shape index (κ2) is 9.61. The first-order chi connectivity index (χ1) is 16.9. The molecule has 2 aromatic carbocycles. The SMILES string of the molecule is CC(=O)N1CC(O)(C#Cc2ccc(C(C)N3CCC(CC(C)(C)O)(c4ccccc4)OC3=O)cc2)C1. The Morgan fingerprint density at radius 2 is 1.78 bits per heavy atom. The van der Waals surface area contributed by atoms with E-state index in [1.54, 1.807) is 23.6 Å². The molecule has 36 heavy (non-hydrogen) atoms. The van der Waals surface area contributed by atoms with E-state index in [1.807, 2.05) is 61.5 Å². The first-order valence-corrected chi connectivity index (χ1v) is 12.3. The van der Waals surface area contributed by atoms with Crippen molar-refractivity contribution in [2.24, 2.45) is 0 Å². The lowest BCUT2D eigenvalue weighted by Crippen LogP contribution is -2.62. The van der Waals surface area contributed by atoms with Gasteiger partial charge in [0, 0.05) is 31.9 Å². The standard InChI is InChI=1S/C29H34N2O5/c1-21(24-12-10-23(11-13-24)14-15-28(35)19-30(20-28)22(2)32)31-17-16-29(36-26(31)33,18-27(3,4)34)25-8-6-5-7-9-25/h5-13,21,34-35H,16-20H2,1-4H3. The first-order valence-electron chi connectivity index (χ1n) is 12.3. The number of rotatable bonds is 5. The molecule has 0 aliphatic carbocycles. The van der Waals surface area contributed by atoms with Gasteiger partial charge in [0.25, 0.3) is 0 Å². The zero-order valence-corrected chi connectivity index (χ0v) is 21.3. The van der Waals surface area contributed by atoms with Gasteiger partial charge in [-0.25, -0.2) is 4.79 Å². The Bertz CT molecular complexity index is 1170. The molecule has 0 radical (unpaired) electrons. The summed E-state index contributed by atoms with van der Waals surface area (Å²) in [6.45, 7) is 7.83. The molecule has 2 heterocycles. The summed E-state index contributed by atoms with van der Waals surface area (Å²) in [4.78, 5) is 27.8. The molecule has 0 spiro atoms. The number of likely N-dealkylation sites (tertiary alicyclic amines) is 1. The van der Waals surface area contributed by atoms with Crippen LogP contribution >= 0.6 is 0 Å². The van der Waals surface area contributed by atoms with E-state index in [9.17, 15) is 19.8 Å². The molecule has 2 N–H and O–H groups in total. The van der Waals surface area contributed by atoms with Gasteiger partial charge in [0.1, 0.15) is 5.60 Å². The Morgan fingerprint density at radius 3 is 2.33 bits per heavy atom. The lowest BCUT2D eigenvalue weighted by atomic mass is 9.80. The Kier molecular flexibility index (Phi) is 6.87. The van der Waals surface area contributed by atoms with Gasteiger partial charge in [0.2, 0.25) is 5.91 Å². The van der Waals surface area contributed by atoms with E-state index in [1.165, 1.54) is 6.92 Å². The highest BCUT2D eigenvalue weighted by atomic mass is 16.6. The fourth-order valence-electron chi connectivity index (χ4n) is 4.99. The maximum absolute atomic E-state index is 13.2. The van der Waals surface area contributed by atoms with Crippen molar-refractivity contribution in [1.82, 2.24) is 9.80 Å². The van der Waals surface area contributed by atoms with Crippen LogP contribution in [0.3, 0.4) is 0 Å². The number of hydrogen-bond acceptors (Lipinski definition) is 5. The lowest BCUT2D eigenvalue weighted by Gasteiger charge is -2.45. The highest BCUT2D eigenvalue weighted by molar-refractivity contribution is 5.75. The minimum Gasteiger partial charge on any atom is -0.438 e. The smallest absolute Gasteiger partial charge is 0.411 e. The van der Waals surface area contributed by atoms with Gasteiger partial charge in [-0.3, -0.25) is 4.79 Å². The minimum absolute atomic E-state index is 0.0721. The molecule has 190 valence electrons. The molecule has 2 fully saturated rings. The largest absolute Gasteiger partial charge is 0.438 e. The minimum atomic E-state index is -1.16. The van der Waals surface area contributed by atoms with Crippen LogP contribution in [0.2, 0.25) is 0 Å². The van der Waals surface area contributed by atoms with Gasteiger partial charge in [0.05, 0.1) is 24.7 Å². The number of β-amino-alcohol motifs (C(OH)–C–C–N with tert-alkyl or cyclic N) is 1. The lowest BCUT2D eigenvalue weighted by molar-refractivity contribution is -0.144. The van der Waals surface area contributed by atoms with Gasteiger partial charge in [-0.1, -0.05) is 54.3 Å². The predicted octanol–water partition coefficient (Wildman–Crippen LogP) is 3.59. The summed E-state index contributed by atoms with van der Waals surface area (Å²) in [6.07, 6.45) is 0.464. The predicted molar refractivity (Wildman–Crippen MR) is 136 cm³/mol. The van der Waals surface area contributed by atoms with E-state index in [0.717, 1.165) is 16.7 Å². The first kappa shape index (κ1) is 25.7. The van der Waals surface area contributed by atoms with Crippen molar-refractivity contribution < 1.29 is 24.5 Å². The zero-order chi connectivity index (χ0) is 26.1. The van der Waals surface area contributed by atoms with Gasteiger partial charge in [-0.05, 0) is 44.0 Å². The van der Waals surface area contributed by atoms with Crippen molar-refractivity contribution in [3.63, 3.8) is 0 Å². The normalized spacial score (nSPS) is 22.1. The van der Waals surface area contributed by atoms with E-state index in [4.69, 9.17) is 4.74 Å². The Morgan fingerprint density at radius 1 is 1.14 bits per heavy atom. The molecule has 4 rings (SSSR count). The van der Waals surface area contributed by atoms with Gasteiger partial charge < -0.3 is 24.7 Å². The van der Waals surface area contributed by atoms with Crippen molar-refractivity contribution in [3.05, 3.63) is 71.3 Å². The van der Waals surface area contributed by atoms with Gasteiger partial charge in [0.15, 0.2) is 5.60 Å². The average Bonchev–Trinajstić information content (AvgIpc) is 2.80. The van der Waals surface area contributed by atoms with Crippen molar-refractivity contribution in [3.8, 4) is 11.8 Å². The van der Waals surface area contributed by atoms with Gasteiger partial charge in [-0.15, -0.1) is 0 Å². The monoisotopic (exact) mass is 490 g/mol. The number of hydrogen-bond donors (Lipinski definition) is 2. The number of nitrogens with zero attached hydrogens (tertiary/aromatic N) is 2. The van der Waals surface area contributed by atoms with E-state index in [-0.39, 0.29) is 25.0 Å². The number of benzene rings is 2. The highest BCUT2D eigenvalue weighted by Gasteiger charge is 2.46. The number of cyclic esters (lactones) is 1. The Hall–Kier alpha value is -3.34. The summed E-state index contributed by atoms with van der Waals surface area (Å²) in [5.41, 5.74) is -0.476. The molecular formula is C29H34N2O5. The Labute approximate surface area is 212 Å². The molecule has 2 saturated heterocycles. The van der Waals surface area contributed by atoms with Crippen molar-refractivity contribution in [2.45, 2.75) is 63.4 Å². The van der Waals surface area contributed by atoms with E-state index >= 15 is 0 Å². The highest BCUT2D eigenvalue weighted by Crippen LogP contribution is 2.42. The molecule has 0 bridgehead atoms. The number of ether oxygens (including phenoxy) is 1. The van der Waals surface area contributed by atoms with Crippen LogP contribution in [0.4, 0.5) is 4.79 Å². The fourth-order valence-corrected chi connectivity index (χ4v) is 4.99.